The number of hydrogen-bond donors (Lipinski definition) is 0. The molecule has 0 amide bonds. The van der Waals surface area contributed by atoms with Crippen LogP contribution < -0.4 is 14.2 Å². The summed E-state index contributed by atoms with van der Waals surface area (Å²) in [6.45, 7) is 8.95. The van der Waals surface area contributed by atoms with E-state index in [1.807, 2.05) is 49.4 Å². The zero-order chi connectivity index (χ0) is 29.6. The number of aromatic nitrogens is 1. The lowest BCUT2D eigenvalue weighted by molar-refractivity contribution is 0.306. The van der Waals surface area contributed by atoms with Gasteiger partial charge in [-0.05, 0) is 92.4 Å². The molecular weight excluding hydrogens is 532 g/mol. The highest BCUT2D eigenvalue weighted by Crippen LogP contribution is 2.37. The molecular formula is C38H42N2O3. The third kappa shape index (κ3) is 6.89. The van der Waals surface area contributed by atoms with Crippen molar-refractivity contribution in [2.75, 3.05) is 26.8 Å². The van der Waals surface area contributed by atoms with Crippen molar-refractivity contribution >= 4 is 10.9 Å². The monoisotopic (exact) mass is 574 g/mol. The van der Waals surface area contributed by atoms with E-state index >= 15 is 0 Å². The van der Waals surface area contributed by atoms with Crippen LogP contribution in [0.5, 0.6) is 17.2 Å². The summed E-state index contributed by atoms with van der Waals surface area (Å²) in [6.07, 6.45) is 4.43. The molecule has 3 heterocycles. The molecule has 7 rings (SSSR count). The SMILES string of the molecule is C1CCN2CC2C1.CCOc1ccc(Cn2c(-c3cccc(OC)c3)c(C)c3cc(OCc4ccccc4)ccc32)cc1. The highest BCUT2D eigenvalue weighted by Gasteiger charge is 2.34. The molecule has 2 aliphatic rings. The fourth-order valence-corrected chi connectivity index (χ4v) is 6.15. The molecule has 2 fully saturated rings. The molecule has 1 aromatic heterocycles. The molecule has 2 aliphatic heterocycles. The van der Waals surface area contributed by atoms with Crippen molar-refractivity contribution in [3.63, 3.8) is 0 Å². The van der Waals surface area contributed by atoms with Crippen LogP contribution in [0.4, 0.5) is 0 Å². The standard InChI is InChI=1S/C32H31NO3.C6H11N/c1-4-35-27-15-13-24(14-16-27)21-33-31-18-17-29(36-22-25-9-6-5-7-10-25)20-30(31)23(2)32(33)26-11-8-12-28(19-26)34-3;1-2-4-7-5-6(7)3-1/h5-20H,4,21-22H2,1-3H3;6H,1-5H2. The van der Waals surface area contributed by atoms with Crippen LogP contribution in [0.1, 0.15) is 42.9 Å². The van der Waals surface area contributed by atoms with Gasteiger partial charge in [0, 0.05) is 35.6 Å². The smallest absolute Gasteiger partial charge is 0.120 e. The number of ether oxygens (including phenoxy) is 3. The van der Waals surface area contributed by atoms with Gasteiger partial charge in [0.15, 0.2) is 0 Å². The van der Waals surface area contributed by atoms with E-state index in [-0.39, 0.29) is 0 Å². The number of rotatable bonds is 9. The Balaban J connectivity index is 0.000000407. The van der Waals surface area contributed by atoms with Gasteiger partial charge in [-0.2, -0.15) is 0 Å². The van der Waals surface area contributed by atoms with E-state index in [4.69, 9.17) is 14.2 Å². The maximum atomic E-state index is 6.16. The second-order valence-electron chi connectivity index (χ2n) is 11.5. The summed E-state index contributed by atoms with van der Waals surface area (Å²) in [5.74, 6) is 2.60. The van der Waals surface area contributed by atoms with Crippen molar-refractivity contribution in [3.05, 3.63) is 114 Å². The number of hydrogen-bond acceptors (Lipinski definition) is 4. The summed E-state index contributed by atoms with van der Waals surface area (Å²) in [5, 5.41) is 1.18. The molecule has 2 unspecified atom stereocenters. The van der Waals surface area contributed by atoms with Crippen LogP contribution >= 0.6 is 0 Å². The molecule has 2 atom stereocenters. The average molecular weight is 575 g/mol. The first-order valence-electron chi connectivity index (χ1n) is 15.5. The number of benzene rings is 4. The second-order valence-corrected chi connectivity index (χ2v) is 11.5. The van der Waals surface area contributed by atoms with Crippen molar-refractivity contribution in [1.29, 1.82) is 0 Å². The third-order valence-corrected chi connectivity index (χ3v) is 8.52. The largest absolute Gasteiger partial charge is 0.497 e. The van der Waals surface area contributed by atoms with E-state index in [0.717, 1.165) is 41.0 Å². The first-order chi connectivity index (χ1) is 21.1. The number of nitrogens with zero attached hydrogens (tertiary/aromatic N) is 2. The van der Waals surface area contributed by atoms with Gasteiger partial charge < -0.3 is 18.8 Å². The number of fused-ring (bicyclic) bond motifs is 2. The fraction of sp³-hybridized carbons (Fsp3) is 0.316. The zero-order valence-corrected chi connectivity index (χ0v) is 25.6. The van der Waals surface area contributed by atoms with Crippen molar-refractivity contribution in [1.82, 2.24) is 9.47 Å². The summed E-state index contributed by atoms with van der Waals surface area (Å²) >= 11 is 0. The molecule has 0 N–H and O–H groups in total. The minimum Gasteiger partial charge on any atom is -0.497 e. The Labute approximate surface area is 255 Å². The lowest BCUT2D eigenvalue weighted by Crippen LogP contribution is -2.09. The maximum Gasteiger partial charge on any atom is 0.120 e. The maximum absolute atomic E-state index is 6.16. The van der Waals surface area contributed by atoms with E-state index in [2.05, 4.69) is 71.0 Å². The Morgan fingerprint density at radius 2 is 1.58 bits per heavy atom. The molecule has 5 aromatic rings. The van der Waals surface area contributed by atoms with E-state index < -0.39 is 0 Å². The molecule has 43 heavy (non-hydrogen) atoms. The summed E-state index contributed by atoms with van der Waals surface area (Å²) in [6, 6.07) is 34.3. The third-order valence-electron chi connectivity index (χ3n) is 8.52. The molecule has 222 valence electrons. The van der Waals surface area contributed by atoms with Crippen LogP contribution in [-0.4, -0.2) is 42.3 Å². The van der Waals surface area contributed by atoms with Gasteiger partial charge >= 0.3 is 0 Å². The molecule has 0 radical (unpaired) electrons. The van der Waals surface area contributed by atoms with E-state index in [9.17, 15) is 0 Å². The summed E-state index contributed by atoms with van der Waals surface area (Å²) in [7, 11) is 1.71. The van der Waals surface area contributed by atoms with Crippen molar-refractivity contribution in [2.45, 2.75) is 52.3 Å². The molecule has 0 bridgehead atoms. The quantitative estimate of drug-likeness (QED) is 0.165. The molecule has 5 nitrogen and oxygen atoms in total. The van der Waals surface area contributed by atoms with Gasteiger partial charge in [0.25, 0.3) is 0 Å². The first kappa shape index (κ1) is 28.9. The fourth-order valence-electron chi connectivity index (χ4n) is 6.15. The van der Waals surface area contributed by atoms with Crippen molar-refractivity contribution in [3.8, 4) is 28.5 Å². The van der Waals surface area contributed by atoms with Crippen LogP contribution in [0, 0.1) is 6.92 Å². The summed E-state index contributed by atoms with van der Waals surface area (Å²) in [4.78, 5) is 2.56. The van der Waals surface area contributed by atoms with E-state index in [1.54, 1.807) is 7.11 Å². The Hall–Kier alpha value is -4.22. The molecule has 5 heteroatoms. The zero-order valence-electron chi connectivity index (χ0n) is 25.6. The van der Waals surface area contributed by atoms with Crippen LogP contribution in [-0.2, 0) is 13.2 Å². The lowest BCUT2D eigenvalue weighted by atomic mass is 10.1. The Kier molecular flexibility index (Phi) is 8.99. The molecule has 0 saturated carbocycles. The predicted molar refractivity (Wildman–Crippen MR) is 175 cm³/mol. The van der Waals surface area contributed by atoms with E-state index in [0.29, 0.717) is 13.2 Å². The van der Waals surface area contributed by atoms with Crippen LogP contribution in [0.3, 0.4) is 0 Å². The minimum atomic E-state index is 0.543. The average Bonchev–Trinajstić information content (AvgIpc) is 3.80. The molecule has 0 spiro atoms. The van der Waals surface area contributed by atoms with Crippen LogP contribution in [0.2, 0.25) is 0 Å². The normalized spacial score (nSPS) is 17.0. The minimum absolute atomic E-state index is 0.543. The molecule has 0 aliphatic carbocycles. The van der Waals surface area contributed by atoms with Crippen molar-refractivity contribution < 1.29 is 14.2 Å². The highest BCUT2D eigenvalue weighted by atomic mass is 16.5. The van der Waals surface area contributed by atoms with Crippen molar-refractivity contribution in [2.24, 2.45) is 0 Å². The van der Waals surface area contributed by atoms with Crippen LogP contribution in [0.25, 0.3) is 22.2 Å². The van der Waals surface area contributed by atoms with Gasteiger partial charge in [-0.3, -0.25) is 4.90 Å². The number of piperidine rings is 1. The molecule has 4 aromatic carbocycles. The predicted octanol–water partition coefficient (Wildman–Crippen LogP) is 8.51. The topological polar surface area (TPSA) is 35.6 Å². The van der Waals surface area contributed by atoms with Crippen LogP contribution in [0.15, 0.2) is 97.1 Å². The van der Waals surface area contributed by atoms with Gasteiger partial charge in [0.2, 0.25) is 0 Å². The van der Waals surface area contributed by atoms with Gasteiger partial charge in [-0.15, -0.1) is 0 Å². The van der Waals surface area contributed by atoms with Gasteiger partial charge in [-0.1, -0.05) is 61.0 Å². The van der Waals surface area contributed by atoms with Gasteiger partial charge in [-0.25, -0.2) is 0 Å². The van der Waals surface area contributed by atoms with Gasteiger partial charge in [0.1, 0.15) is 23.9 Å². The number of methoxy groups -OCH3 is 1. The lowest BCUT2D eigenvalue weighted by Gasteiger charge is -2.14. The Bertz CT molecular complexity index is 1630. The first-order valence-corrected chi connectivity index (χ1v) is 15.5. The number of aryl methyl sites for hydroxylation is 1. The Morgan fingerprint density at radius 3 is 2.30 bits per heavy atom. The van der Waals surface area contributed by atoms with E-state index in [1.165, 1.54) is 60.1 Å². The highest BCUT2D eigenvalue weighted by molar-refractivity contribution is 5.92. The Morgan fingerprint density at radius 1 is 0.767 bits per heavy atom. The summed E-state index contributed by atoms with van der Waals surface area (Å²) < 4.78 is 19.7. The summed E-state index contributed by atoms with van der Waals surface area (Å²) in [5.41, 5.74) is 7.06. The second kappa shape index (κ2) is 13.4. The molecule has 2 saturated heterocycles. The van der Waals surface area contributed by atoms with Gasteiger partial charge in [0.05, 0.1) is 19.4 Å².